The van der Waals surface area contributed by atoms with E-state index in [1.165, 1.54) is 22.7 Å². The minimum atomic E-state index is -0.967. The number of aryl methyl sites for hydroxylation is 1. The molecule has 0 aliphatic carbocycles. The molecule has 0 aliphatic heterocycles. The lowest BCUT2D eigenvalue weighted by Crippen LogP contribution is -1.98. The number of nitrogens with one attached hydrogen (secondary N) is 1. The first-order chi connectivity index (χ1) is 15.8. The fourth-order valence-electron chi connectivity index (χ4n) is 3.37. The Labute approximate surface area is 210 Å². The number of anilines is 2. The van der Waals surface area contributed by atoms with Gasteiger partial charge in [0.05, 0.1) is 26.3 Å². The normalized spacial score (nSPS) is 11.2. The average molecular weight is 518 g/mol. The van der Waals surface area contributed by atoms with E-state index in [-0.39, 0.29) is 4.88 Å². The summed E-state index contributed by atoms with van der Waals surface area (Å²) >= 11 is 15.1. The smallest absolute Gasteiger partial charge is 0.348 e. The van der Waals surface area contributed by atoms with E-state index >= 15 is 0 Å². The Kier molecular flexibility index (Phi) is 7.39. The number of aromatic nitrogens is 1. The van der Waals surface area contributed by atoms with Crippen LogP contribution in [0.15, 0.2) is 54.6 Å². The minimum Gasteiger partial charge on any atom is -0.477 e. The van der Waals surface area contributed by atoms with Crippen LogP contribution in [-0.4, -0.2) is 16.1 Å². The predicted octanol–water partition coefficient (Wildman–Crippen LogP) is 8.88. The van der Waals surface area contributed by atoms with Gasteiger partial charge in [0.2, 0.25) is 0 Å². The third kappa shape index (κ3) is 5.58. The number of thiazole rings is 1. The van der Waals surface area contributed by atoms with Crippen molar-refractivity contribution >= 4 is 62.7 Å². The number of nitrogens with zero attached hydrogens (tertiary/aromatic N) is 1. The molecule has 0 radical (unpaired) electrons. The van der Waals surface area contributed by atoms with Gasteiger partial charge >= 0.3 is 5.97 Å². The maximum atomic E-state index is 11.9. The van der Waals surface area contributed by atoms with Crippen LogP contribution in [0.1, 0.15) is 35.6 Å². The Morgan fingerprint density at radius 3 is 2.45 bits per heavy atom. The Bertz CT molecular complexity index is 1280. The van der Waals surface area contributed by atoms with Crippen molar-refractivity contribution in [3.05, 3.63) is 75.2 Å². The van der Waals surface area contributed by atoms with Crippen LogP contribution >= 0.6 is 45.9 Å². The van der Waals surface area contributed by atoms with Crippen molar-refractivity contribution in [2.24, 2.45) is 5.92 Å². The molecule has 33 heavy (non-hydrogen) atoms. The highest BCUT2D eigenvalue weighted by Gasteiger charge is 2.20. The van der Waals surface area contributed by atoms with Crippen molar-refractivity contribution in [3.63, 3.8) is 0 Å². The molecule has 0 amide bonds. The SMILES string of the molecule is CC(C)CCc1nc(Nc2cc(-c3ccccc3)sc2C(=O)O)sc1-c1ccc(Cl)c(Cl)c1. The molecule has 4 aromatic rings. The number of carbonyl (C=O) groups is 1. The molecule has 170 valence electrons. The number of hydrogen-bond donors (Lipinski definition) is 2. The molecule has 0 atom stereocenters. The summed E-state index contributed by atoms with van der Waals surface area (Å²) in [7, 11) is 0. The van der Waals surface area contributed by atoms with Crippen molar-refractivity contribution in [2.75, 3.05) is 5.32 Å². The molecule has 0 aliphatic rings. The number of carboxylic acids is 1. The first kappa shape index (κ1) is 23.8. The Morgan fingerprint density at radius 2 is 1.79 bits per heavy atom. The van der Waals surface area contributed by atoms with E-state index in [0.717, 1.165) is 39.4 Å². The summed E-state index contributed by atoms with van der Waals surface area (Å²) in [5.41, 5.74) is 3.43. The molecule has 0 saturated heterocycles. The average Bonchev–Trinajstić information content (AvgIpc) is 3.39. The zero-order chi connectivity index (χ0) is 23.5. The van der Waals surface area contributed by atoms with Gasteiger partial charge in [0.1, 0.15) is 4.88 Å². The zero-order valence-electron chi connectivity index (χ0n) is 18.1. The van der Waals surface area contributed by atoms with Gasteiger partial charge in [-0.05, 0) is 48.1 Å². The van der Waals surface area contributed by atoms with E-state index in [4.69, 9.17) is 28.2 Å². The zero-order valence-corrected chi connectivity index (χ0v) is 21.2. The minimum absolute atomic E-state index is 0.254. The number of benzene rings is 2. The lowest BCUT2D eigenvalue weighted by molar-refractivity contribution is 0.0703. The van der Waals surface area contributed by atoms with E-state index in [1.807, 2.05) is 48.5 Å². The molecule has 2 N–H and O–H groups in total. The number of hydrogen-bond acceptors (Lipinski definition) is 5. The van der Waals surface area contributed by atoms with Crippen LogP contribution in [0.5, 0.6) is 0 Å². The first-order valence-corrected chi connectivity index (χ1v) is 12.9. The quantitative estimate of drug-likeness (QED) is 0.245. The second kappa shape index (κ2) is 10.3. The van der Waals surface area contributed by atoms with Gasteiger partial charge in [-0.2, -0.15) is 0 Å². The van der Waals surface area contributed by atoms with Gasteiger partial charge < -0.3 is 10.4 Å². The number of halogens is 2. The first-order valence-electron chi connectivity index (χ1n) is 10.5. The van der Waals surface area contributed by atoms with E-state index in [0.29, 0.717) is 26.8 Å². The molecule has 2 heterocycles. The Hall–Kier alpha value is -2.38. The molecule has 0 fully saturated rings. The van der Waals surface area contributed by atoms with Crippen LogP contribution in [0.2, 0.25) is 10.0 Å². The van der Waals surface area contributed by atoms with E-state index in [1.54, 1.807) is 6.07 Å². The molecule has 0 bridgehead atoms. The monoisotopic (exact) mass is 516 g/mol. The van der Waals surface area contributed by atoms with Gasteiger partial charge in [-0.3, -0.25) is 0 Å². The molecular formula is C25H22Cl2N2O2S2. The number of thiophene rings is 1. The standard InChI is InChI=1S/C25H22Cl2N2O2S2/c1-14(2)8-11-19-22(16-9-10-17(26)18(27)12-16)33-25(28-19)29-20-13-21(32-23(20)24(30)31)15-6-4-3-5-7-15/h3-7,9-10,12-14H,8,11H2,1-2H3,(H,28,29)(H,30,31). The van der Waals surface area contributed by atoms with Crippen LogP contribution in [-0.2, 0) is 6.42 Å². The van der Waals surface area contributed by atoms with Crippen LogP contribution < -0.4 is 5.32 Å². The van der Waals surface area contributed by atoms with Crippen LogP contribution in [0.4, 0.5) is 10.8 Å². The van der Waals surface area contributed by atoms with Crippen LogP contribution in [0.3, 0.4) is 0 Å². The summed E-state index contributed by atoms with van der Waals surface area (Å²) in [5, 5.41) is 14.7. The summed E-state index contributed by atoms with van der Waals surface area (Å²) in [6.07, 6.45) is 1.81. The van der Waals surface area contributed by atoms with Gasteiger partial charge in [-0.25, -0.2) is 9.78 Å². The molecule has 8 heteroatoms. The number of aromatic carboxylic acids is 1. The van der Waals surface area contributed by atoms with Gasteiger partial charge in [-0.15, -0.1) is 11.3 Å². The number of carboxylic acid groups (broad SMARTS) is 1. The molecule has 4 rings (SSSR count). The van der Waals surface area contributed by atoms with E-state index in [9.17, 15) is 9.90 Å². The van der Waals surface area contributed by atoms with E-state index < -0.39 is 5.97 Å². The highest BCUT2D eigenvalue weighted by Crippen LogP contribution is 2.41. The maximum absolute atomic E-state index is 11.9. The van der Waals surface area contributed by atoms with Gasteiger partial charge in [0, 0.05) is 4.88 Å². The third-order valence-electron chi connectivity index (χ3n) is 5.06. The van der Waals surface area contributed by atoms with Crippen LogP contribution in [0, 0.1) is 5.92 Å². The van der Waals surface area contributed by atoms with Crippen molar-refractivity contribution in [2.45, 2.75) is 26.7 Å². The van der Waals surface area contributed by atoms with Crippen LogP contribution in [0.25, 0.3) is 20.9 Å². The molecule has 0 saturated carbocycles. The lowest BCUT2D eigenvalue weighted by atomic mass is 10.0. The molecule has 2 aromatic heterocycles. The molecular weight excluding hydrogens is 495 g/mol. The van der Waals surface area contributed by atoms with Gasteiger partial charge in [-0.1, -0.05) is 84.8 Å². The second-order valence-electron chi connectivity index (χ2n) is 8.01. The highest BCUT2D eigenvalue weighted by molar-refractivity contribution is 7.19. The Morgan fingerprint density at radius 1 is 1.03 bits per heavy atom. The van der Waals surface area contributed by atoms with Crippen molar-refractivity contribution in [3.8, 4) is 20.9 Å². The maximum Gasteiger partial charge on any atom is 0.348 e. The van der Waals surface area contributed by atoms with Crippen molar-refractivity contribution in [1.82, 2.24) is 4.98 Å². The van der Waals surface area contributed by atoms with Crippen molar-refractivity contribution in [1.29, 1.82) is 0 Å². The molecule has 0 spiro atoms. The predicted molar refractivity (Wildman–Crippen MR) is 141 cm³/mol. The summed E-state index contributed by atoms with van der Waals surface area (Å²) < 4.78 is 0. The molecule has 2 aromatic carbocycles. The fourth-order valence-corrected chi connectivity index (χ4v) is 5.64. The lowest BCUT2D eigenvalue weighted by Gasteiger charge is -2.06. The summed E-state index contributed by atoms with van der Waals surface area (Å²) in [6.45, 7) is 4.36. The van der Waals surface area contributed by atoms with Gasteiger partial charge in [0.15, 0.2) is 5.13 Å². The highest BCUT2D eigenvalue weighted by atomic mass is 35.5. The molecule has 4 nitrogen and oxygen atoms in total. The largest absolute Gasteiger partial charge is 0.477 e. The van der Waals surface area contributed by atoms with E-state index in [2.05, 4.69) is 19.2 Å². The summed E-state index contributed by atoms with van der Waals surface area (Å²) in [6, 6.07) is 17.2. The van der Waals surface area contributed by atoms with Gasteiger partial charge in [0.25, 0.3) is 0 Å². The van der Waals surface area contributed by atoms with Crippen molar-refractivity contribution < 1.29 is 9.90 Å². The summed E-state index contributed by atoms with van der Waals surface area (Å²) in [5.74, 6) is -0.431. The second-order valence-corrected chi connectivity index (χ2v) is 10.9. The topological polar surface area (TPSA) is 62.2 Å². The molecule has 0 unspecified atom stereocenters. The third-order valence-corrected chi connectivity index (χ3v) is 8.04. The summed E-state index contributed by atoms with van der Waals surface area (Å²) in [4.78, 5) is 18.9. The number of rotatable bonds is 8. The Balaban J connectivity index is 1.71. The fraction of sp³-hybridized carbons (Fsp3) is 0.200.